The van der Waals surface area contributed by atoms with Gasteiger partial charge in [0.2, 0.25) is 5.91 Å². The molecule has 1 aromatic carbocycles. The first-order chi connectivity index (χ1) is 12.9. The van der Waals surface area contributed by atoms with Crippen LogP contribution in [0.3, 0.4) is 0 Å². The number of carbonyl (C=O) groups is 1. The lowest BCUT2D eigenvalue weighted by molar-refractivity contribution is -0.117. The van der Waals surface area contributed by atoms with Crippen molar-refractivity contribution >= 4 is 33.4 Å². The molecule has 8 nitrogen and oxygen atoms in total. The molecule has 0 saturated heterocycles. The number of nitrogens with one attached hydrogen (secondary N) is 1. The fraction of sp³-hybridized carbons (Fsp3) is 0.211. The molecule has 27 heavy (non-hydrogen) atoms. The van der Waals surface area contributed by atoms with Crippen molar-refractivity contribution < 1.29 is 4.79 Å². The molecule has 4 rings (SSSR count). The number of benzene rings is 1. The molecule has 0 bridgehead atoms. The van der Waals surface area contributed by atoms with Gasteiger partial charge in [0.25, 0.3) is 5.56 Å². The highest BCUT2D eigenvalue weighted by atomic mass is 16.2. The zero-order valence-electron chi connectivity index (χ0n) is 15.2. The predicted molar refractivity (Wildman–Crippen MR) is 103 cm³/mol. The third-order valence-corrected chi connectivity index (χ3v) is 4.49. The van der Waals surface area contributed by atoms with Gasteiger partial charge in [-0.1, -0.05) is 18.2 Å². The average Bonchev–Trinajstić information content (AvgIpc) is 2.93. The summed E-state index contributed by atoms with van der Waals surface area (Å²) < 4.78 is 2.88. The van der Waals surface area contributed by atoms with Crippen molar-refractivity contribution in [2.45, 2.75) is 20.4 Å². The van der Waals surface area contributed by atoms with E-state index in [1.165, 1.54) is 4.68 Å². The number of nitrogens with zero attached hydrogens (tertiary/aromatic N) is 5. The minimum atomic E-state index is -0.345. The number of rotatable bonds is 3. The van der Waals surface area contributed by atoms with Gasteiger partial charge in [0, 0.05) is 17.8 Å². The highest BCUT2D eigenvalue weighted by molar-refractivity contribution is 5.93. The van der Waals surface area contributed by atoms with E-state index in [9.17, 15) is 9.59 Å². The Morgan fingerprint density at radius 3 is 2.56 bits per heavy atom. The zero-order valence-corrected chi connectivity index (χ0v) is 15.2. The molecule has 0 radical (unpaired) electrons. The van der Waals surface area contributed by atoms with Crippen LogP contribution in [0.15, 0.2) is 41.3 Å². The Labute approximate surface area is 154 Å². The van der Waals surface area contributed by atoms with E-state index >= 15 is 0 Å². The lowest BCUT2D eigenvalue weighted by Gasteiger charge is -2.09. The summed E-state index contributed by atoms with van der Waals surface area (Å²) >= 11 is 0. The first-order valence-corrected chi connectivity index (χ1v) is 8.49. The molecule has 0 aliphatic rings. The van der Waals surface area contributed by atoms with Crippen LogP contribution < -0.4 is 10.9 Å². The summed E-state index contributed by atoms with van der Waals surface area (Å²) in [5, 5.41) is 13.6. The van der Waals surface area contributed by atoms with Crippen LogP contribution in [0.5, 0.6) is 0 Å². The van der Waals surface area contributed by atoms with Crippen molar-refractivity contribution in [2.24, 2.45) is 7.05 Å². The van der Waals surface area contributed by atoms with Crippen LogP contribution in [0, 0.1) is 13.8 Å². The van der Waals surface area contributed by atoms with E-state index in [-0.39, 0.29) is 18.0 Å². The van der Waals surface area contributed by atoms with Crippen molar-refractivity contribution in [1.82, 2.24) is 24.5 Å². The maximum Gasteiger partial charge on any atom is 0.275 e. The number of anilines is 1. The fourth-order valence-electron chi connectivity index (χ4n) is 3.22. The summed E-state index contributed by atoms with van der Waals surface area (Å²) in [6, 6.07) is 9.07. The second-order valence-electron chi connectivity index (χ2n) is 6.45. The second-order valence-corrected chi connectivity index (χ2v) is 6.45. The number of pyridine rings is 1. The number of carbonyl (C=O) groups excluding carboxylic acids is 1. The molecule has 0 aliphatic heterocycles. The molecule has 8 heteroatoms. The zero-order chi connectivity index (χ0) is 19.1. The van der Waals surface area contributed by atoms with Gasteiger partial charge in [-0.25, -0.2) is 9.67 Å². The Balaban J connectivity index is 1.62. The topological polar surface area (TPSA) is 94.7 Å². The van der Waals surface area contributed by atoms with Crippen molar-refractivity contribution in [1.29, 1.82) is 0 Å². The Bertz CT molecular complexity index is 1250. The molecule has 0 atom stereocenters. The highest BCUT2D eigenvalue weighted by Gasteiger charge is 2.12. The van der Waals surface area contributed by atoms with E-state index in [0.717, 1.165) is 22.1 Å². The standard InChI is InChI=1S/C19H18N6O2/c1-11-14-6-4-5-7-15(14)19(27)25(23-11)10-17(26)21-13-8-16-12(2)22-24(3)18(16)20-9-13/h4-9H,10H2,1-3H3,(H,21,26). The third-order valence-electron chi connectivity index (χ3n) is 4.49. The van der Waals surface area contributed by atoms with E-state index in [4.69, 9.17) is 0 Å². The lowest BCUT2D eigenvalue weighted by atomic mass is 10.1. The van der Waals surface area contributed by atoms with Crippen molar-refractivity contribution in [3.63, 3.8) is 0 Å². The first-order valence-electron chi connectivity index (χ1n) is 8.49. The smallest absolute Gasteiger partial charge is 0.275 e. The van der Waals surface area contributed by atoms with E-state index < -0.39 is 0 Å². The molecule has 4 aromatic rings. The van der Waals surface area contributed by atoms with Gasteiger partial charge in [0.15, 0.2) is 5.65 Å². The Morgan fingerprint density at radius 1 is 1.07 bits per heavy atom. The molecule has 0 saturated carbocycles. The van der Waals surface area contributed by atoms with Crippen LogP contribution in [0.4, 0.5) is 5.69 Å². The van der Waals surface area contributed by atoms with Gasteiger partial charge in [-0.05, 0) is 26.0 Å². The molecule has 0 spiro atoms. The quantitative estimate of drug-likeness (QED) is 0.601. The SMILES string of the molecule is Cc1nn(CC(=O)Nc2cnc3c(c2)c(C)nn3C)c(=O)c2ccccc12. The molecule has 0 fully saturated rings. The fourth-order valence-corrected chi connectivity index (χ4v) is 3.22. The molecular formula is C19H18N6O2. The molecule has 1 amide bonds. The van der Waals surface area contributed by atoms with Crippen LogP contribution in [-0.2, 0) is 18.4 Å². The van der Waals surface area contributed by atoms with Gasteiger partial charge in [-0.15, -0.1) is 0 Å². The number of fused-ring (bicyclic) bond motifs is 2. The van der Waals surface area contributed by atoms with E-state index in [0.29, 0.717) is 16.8 Å². The molecule has 3 heterocycles. The van der Waals surface area contributed by atoms with Gasteiger partial charge in [0.05, 0.1) is 28.7 Å². The minimum absolute atomic E-state index is 0.172. The molecule has 0 aliphatic carbocycles. The highest BCUT2D eigenvalue weighted by Crippen LogP contribution is 2.19. The number of aryl methyl sites for hydroxylation is 3. The Morgan fingerprint density at radius 2 is 1.78 bits per heavy atom. The summed E-state index contributed by atoms with van der Waals surface area (Å²) in [6.45, 7) is 3.53. The molecule has 0 unspecified atom stereocenters. The number of hydrogen-bond acceptors (Lipinski definition) is 5. The van der Waals surface area contributed by atoms with Gasteiger partial charge in [0.1, 0.15) is 6.54 Å². The molecule has 1 N–H and O–H groups in total. The summed E-state index contributed by atoms with van der Waals surface area (Å²) in [6.07, 6.45) is 1.57. The van der Waals surface area contributed by atoms with Crippen molar-refractivity contribution in [3.8, 4) is 0 Å². The van der Waals surface area contributed by atoms with Crippen LogP contribution in [0.25, 0.3) is 21.8 Å². The average molecular weight is 362 g/mol. The number of aromatic nitrogens is 5. The maximum absolute atomic E-state index is 12.6. The molecular weight excluding hydrogens is 344 g/mol. The molecule has 136 valence electrons. The van der Waals surface area contributed by atoms with Gasteiger partial charge in [-0.3, -0.25) is 14.3 Å². The van der Waals surface area contributed by atoms with Crippen LogP contribution in [0.1, 0.15) is 11.4 Å². The summed E-state index contributed by atoms with van der Waals surface area (Å²) in [7, 11) is 1.82. The minimum Gasteiger partial charge on any atom is -0.323 e. The van der Waals surface area contributed by atoms with Crippen LogP contribution in [-0.4, -0.2) is 30.5 Å². The Kier molecular flexibility index (Phi) is 3.95. The summed E-state index contributed by atoms with van der Waals surface area (Å²) in [5.41, 5.74) is 2.54. The number of amides is 1. The van der Waals surface area contributed by atoms with E-state index in [1.807, 2.05) is 39.1 Å². The molecule has 3 aromatic heterocycles. The summed E-state index contributed by atoms with van der Waals surface area (Å²) in [5.74, 6) is -0.345. The normalized spacial score (nSPS) is 11.2. The van der Waals surface area contributed by atoms with Crippen LogP contribution in [0.2, 0.25) is 0 Å². The Hall–Kier alpha value is -3.55. The van der Waals surface area contributed by atoms with Crippen molar-refractivity contribution in [3.05, 3.63) is 58.3 Å². The largest absolute Gasteiger partial charge is 0.323 e. The summed E-state index contributed by atoms with van der Waals surface area (Å²) in [4.78, 5) is 29.4. The monoisotopic (exact) mass is 362 g/mol. The predicted octanol–water partition coefficient (Wildman–Crippen LogP) is 1.93. The van der Waals surface area contributed by atoms with Crippen molar-refractivity contribution in [2.75, 3.05) is 5.32 Å². The second kappa shape index (κ2) is 6.31. The van der Waals surface area contributed by atoms with E-state index in [2.05, 4.69) is 20.5 Å². The number of hydrogen-bond donors (Lipinski definition) is 1. The van der Waals surface area contributed by atoms with E-state index in [1.54, 1.807) is 23.0 Å². The maximum atomic E-state index is 12.6. The van der Waals surface area contributed by atoms with Crippen LogP contribution >= 0.6 is 0 Å². The lowest BCUT2D eigenvalue weighted by Crippen LogP contribution is -2.30. The van der Waals surface area contributed by atoms with Gasteiger partial charge in [-0.2, -0.15) is 10.2 Å². The van der Waals surface area contributed by atoms with Gasteiger partial charge >= 0.3 is 0 Å². The van der Waals surface area contributed by atoms with Gasteiger partial charge < -0.3 is 5.32 Å². The third kappa shape index (κ3) is 2.95. The first kappa shape index (κ1) is 16.9.